The number of rotatable bonds is 5. The molecule has 1 saturated heterocycles. The lowest BCUT2D eigenvalue weighted by molar-refractivity contribution is 0.493. The van der Waals surface area contributed by atoms with Gasteiger partial charge in [0.1, 0.15) is 0 Å². The topological polar surface area (TPSA) is 61.4 Å². The summed E-state index contributed by atoms with van der Waals surface area (Å²) in [5.74, 6) is 0. The summed E-state index contributed by atoms with van der Waals surface area (Å²) in [6, 6.07) is 0.486. The molecule has 0 radical (unpaired) electrons. The van der Waals surface area contributed by atoms with Gasteiger partial charge in [0.05, 0.1) is 0 Å². The lowest BCUT2D eigenvalue weighted by Crippen LogP contribution is -2.38. The first-order valence-electron chi connectivity index (χ1n) is 4.93. The predicted molar refractivity (Wildman–Crippen MR) is 63.5 cm³/mol. The highest BCUT2D eigenvalue weighted by atomic mass is 35.5. The molecule has 0 aromatic carbocycles. The van der Waals surface area contributed by atoms with E-state index in [1.165, 1.54) is 24.8 Å². The third kappa shape index (κ3) is 5.12. The van der Waals surface area contributed by atoms with Crippen LogP contribution in [0.25, 0.3) is 0 Å². The summed E-state index contributed by atoms with van der Waals surface area (Å²) in [6.45, 7) is 1.57. The third-order valence-electron chi connectivity index (χ3n) is 2.42. The number of nitrogens with one attached hydrogen (secondary N) is 2. The molecular weight excluding hydrogens is 238 g/mol. The van der Waals surface area contributed by atoms with Gasteiger partial charge in [0.2, 0.25) is 0 Å². The summed E-state index contributed by atoms with van der Waals surface area (Å²) in [4.78, 5) is 0. The first-order chi connectivity index (χ1) is 6.52. The number of halogens is 1. The first kappa shape index (κ1) is 15.1. The molecule has 15 heavy (non-hydrogen) atoms. The fourth-order valence-electron chi connectivity index (χ4n) is 1.49. The average molecular weight is 258 g/mol. The maximum Gasteiger partial charge on any atom is 0.278 e. The number of hydrogen-bond donors (Lipinski definition) is 2. The highest BCUT2D eigenvalue weighted by molar-refractivity contribution is 7.87. The van der Waals surface area contributed by atoms with Gasteiger partial charge in [-0.15, -0.1) is 12.4 Å². The summed E-state index contributed by atoms with van der Waals surface area (Å²) < 4.78 is 26.3. The van der Waals surface area contributed by atoms with Gasteiger partial charge in [0, 0.05) is 26.7 Å². The second-order valence-corrected chi connectivity index (χ2v) is 5.73. The Morgan fingerprint density at radius 2 is 2.13 bits per heavy atom. The third-order valence-corrected chi connectivity index (χ3v) is 3.95. The number of nitrogens with zero attached hydrogens (tertiary/aromatic N) is 1. The Balaban J connectivity index is 0.00000196. The van der Waals surface area contributed by atoms with Gasteiger partial charge in [-0.25, -0.2) is 4.72 Å². The molecule has 92 valence electrons. The van der Waals surface area contributed by atoms with E-state index in [1.54, 1.807) is 0 Å². The van der Waals surface area contributed by atoms with Crippen molar-refractivity contribution < 1.29 is 8.42 Å². The van der Waals surface area contributed by atoms with Gasteiger partial charge >= 0.3 is 0 Å². The first-order valence-corrected chi connectivity index (χ1v) is 6.37. The van der Waals surface area contributed by atoms with Crippen LogP contribution >= 0.6 is 12.4 Å². The van der Waals surface area contributed by atoms with Crippen molar-refractivity contribution in [3.8, 4) is 0 Å². The molecule has 2 N–H and O–H groups in total. The van der Waals surface area contributed by atoms with Crippen molar-refractivity contribution in [3.05, 3.63) is 0 Å². The Hall–Kier alpha value is 0.120. The van der Waals surface area contributed by atoms with Gasteiger partial charge in [-0.3, -0.25) is 0 Å². The van der Waals surface area contributed by atoms with Crippen molar-refractivity contribution in [1.82, 2.24) is 14.3 Å². The largest absolute Gasteiger partial charge is 0.314 e. The summed E-state index contributed by atoms with van der Waals surface area (Å²) in [6.07, 6.45) is 3.22. The fourth-order valence-corrected chi connectivity index (χ4v) is 2.13. The van der Waals surface area contributed by atoms with E-state index < -0.39 is 10.2 Å². The molecule has 0 aromatic rings. The van der Waals surface area contributed by atoms with Crippen molar-refractivity contribution >= 4 is 22.6 Å². The molecule has 1 rings (SSSR count). The number of hydrogen-bond acceptors (Lipinski definition) is 3. The van der Waals surface area contributed by atoms with Crippen molar-refractivity contribution in [2.45, 2.75) is 25.3 Å². The van der Waals surface area contributed by atoms with Crippen LogP contribution in [-0.4, -0.2) is 45.9 Å². The van der Waals surface area contributed by atoms with Crippen LogP contribution in [0.15, 0.2) is 0 Å². The van der Waals surface area contributed by atoms with Gasteiger partial charge in [0.25, 0.3) is 10.2 Å². The second-order valence-electron chi connectivity index (χ2n) is 3.76. The van der Waals surface area contributed by atoms with Crippen molar-refractivity contribution in [1.29, 1.82) is 0 Å². The molecule has 0 spiro atoms. The van der Waals surface area contributed by atoms with Crippen LogP contribution in [0.1, 0.15) is 19.3 Å². The van der Waals surface area contributed by atoms with Gasteiger partial charge in [-0.05, 0) is 25.8 Å². The molecule has 1 heterocycles. The predicted octanol–water partition coefficient (Wildman–Crippen LogP) is -0.0537. The molecule has 7 heteroatoms. The molecule has 0 saturated carbocycles. The van der Waals surface area contributed by atoms with Crippen LogP contribution in [-0.2, 0) is 10.2 Å². The van der Waals surface area contributed by atoms with E-state index in [-0.39, 0.29) is 12.4 Å². The molecular formula is C8H20ClN3O2S. The monoisotopic (exact) mass is 257 g/mol. The highest BCUT2D eigenvalue weighted by Gasteiger charge is 2.16. The maximum atomic E-state index is 11.3. The lowest BCUT2D eigenvalue weighted by atomic mass is 10.2. The minimum atomic E-state index is -3.23. The summed E-state index contributed by atoms with van der Waals surface area (Å²) in [5, 5.41) is 3.32. The van der Waals surface area contributed by atoms with E-state index in [0.29, 0.717) is 12.6 Å². The molecule has 0 amide bonds. The van der Waals surface area contributed by atoms with E-state index in [1.807, 2.05) is 0 Å². The molecule has 0 aliphatic carbocycles. The summed E-state index contributed by atoms with van der Waals surface area (Å²) in [7, 11) is -0.186. The molecule has 0 bridgehead atoms. The molecule has 0 unspecified atom stereocenters. The average Bonchev–Trinajstić information content (AvgIpc) is 2.56. The Bertz CT molecular complexity index is 263. The van der Waals surface area contributed by atoms with Crippen molar-refractivity contribution in [2.24, 2.45) is 0 Å². The summed E-state index contributed by atoms with van der Waals surface area (Å²) >= 11 is 0. The van der Waals surface area contributed by atoms with Crippen LogP contribution in [0.5, 0.6) is 0 Å². The smallest absolute Gasteiger partial charge is 0.278 e. The zero-order valence-electron chi connectivity index (χ0n) is 9.19. The quantitative estimate of drug-likeness (QED) is 0.726. The molecule has 5 nitrogen and oxygen atoms in total. The van der Waals surface area contributed by atoms with E-state index in [0.717, 1.165) is 19.4 Å². The zero-order valence-corrected chi connectivity index (χ0v) is 10.8. The van der Waals surface area contributed by atoms with E-state index in [9.17, 15) is 8.42 Å². The van der Waals surface area contributed by atoms with Crippen LogP contribution in [0.2, 0.25) is 0 Å². The molecule has 1 fully saturated rings. The fraction of sp³-hybridized carbons (Fsp3) is 1.00. The zero-order chi connectivity index (χ0) is 10.6. The van der Waals surface area contributed by atoms with E-state index in [4.69, 9.17) is 0 Å². The molecule has 1 aliphatic heterocycles. The Kier molecular flexibility index (Phi) is 6.70. The van der Waals surface area contributed by atoms with Gasteiger partial charge in [-0.1, -0.05) is 0 Å². The van der Waals surface area contributed by atoms with Crippen LogP contribution < -0.4 is 10.0 Å². The van der Waals surface area contributed by atoms with E-state index >= 15 is 0 Å². The Labute approximate surface area is 98.2 Å². The maximum absolute atomic E-state index is 11.3. The van der Waals surface area contributed by atoms with Gasteiger partial charge in [0.15, 0.2) is 0 Å². The standard InChI is InChI=1S/C8H19N3O2S.ClH/c1-11(2)14(12,13)10-7-5-8-4-3-6-9-8;/h8-10H,3-7H2,1-2H3;1H/t8-;/m1./s1. The van der Waals surface area contributed by atoms with Crippen LogP contribution in [0.4, 0.5) is 0 Å². The lowest BCUT2D eigenvalue weighted by Gasteiger charge is -2.14. The van der Waals surface area contributed by atoms with Crippen LogP contribution in [0, 0.1) is 0 Å². The molecule has 0 aromatic heterocycles. The van der Waals surface area contributed by atoms with Crippen molar-refractivity contribution in [3.63, 3.8) is 0 Å². The van der Waals surface area contributed by atoms with Gasteiger partial charge in [-0.2, -0.15) is 12.7 Å². The summed E-state index contributed by atoms with van der Waals surface area (Å²) in [5.41, 5.74) is 0. The van der Waals surface area contributed by atoms with Crippen LogP contribution in [0.3, 0.4) is 0 Å². The normalized spacial score (nSPS) is 21.7. The molecule has 1 aliphatic rings. The Morgan fingerprint density at radius 3 is 2.60 bits per heavy atom. The van der Waals surface area contributed by atoms with Gasteiger partial charge < -0.3 is 5.32 Å². The Morgan fingerprint density at radius 1 is 1.47 bits per heavy atom. The minimum absolute atomic E-state index is 0. The minimum Gasteiger partial charge on any atom is -0.314 e. The second kappa shape index (κ2) is 6.65. The van der Waals surface area contributed by atoms with Crippen molar-refractivity contribution in [2.75, 3.05) is 27.2 Å². The SMILES string of the molecule is CN(C)S(=O)(=O)NCC[C@H]1CCCN1.Cl. The van der Waals surface area contributed by atoms with E-state index in [2.05, 4.69) is 10.0 Å². The highest BCUT2D eigenvalue weighted by Crippen LogP contribution is 2.07. The molecule has 1 atom stereocenters.